The van der Waals surface area contributed by atoms with Gasteiger partial charge in [-0.25, -0.2) is 4.79 Å². The molecule has 0 spiro atoms. The van der Waals surface area contributed by atoms with Gasteiger partial charge in [-0.1, -0.05) is 24.3 Å². The van der Waals surface area contributed by atoms with Gasteiger partial charge in [0.1, 0.15) is 0 Å². The fourth-order valence-corrected chi connectivity index (χ4v) is 2.49. The number of nitrogens with one attached hydrogen (secondary N) is 1. The van der Waals surface area contributed by atoms with Gasteiger partial charge in [0.2, 0.25) is 0 Å². The van der Waals surface area contributed by atoms with E-state index in [0.29, 0.717) is 23.2 Å². The number of carboxylic acids is 1. The minimum absolute atomic E-state index is 0.0757. The van der Waals surface area contributed by atoms with Gasteiger partial charge in [0.05, 0.1) is 18.5 Å². The summed E-state index contributed by atoms with van der Waals surface area (Å²) in [6.45, 7) is 0.406. The zero-order valence-corrected chi connectivity index (χ0v) is 13.3. The van der Waals surface area contributed by atoms with Crippen molar-refractivity contribution in [1.82, 2.24) is 9.88 Å². The Bertz CT molecular complexity index is 969. The molecule has 0 radical (unpaired) electrons. The van der Waals surface area contributed by atoms with E-state index in [1.54, 1.807) is 36.4 Å². The van der Waals surface area contributed by atoms with E-state index in [-0.39, 0.29) is 18.9 Å². The number of nitrogens with zero attached hydrogens (tertiary/aromatic N) is 1. The topological polar surface area (TPSA) is 102 Å². The summed E-state index contributed by atoms with van der Waals surface area (Å²) in [4.78, 5) is 34.3. The minimum Gasteiger partial charge on any atom is -0.481 e. The van der Waals surface area contributed by atoms with Crippen molar-refractivity contribution < 1.29 is 19.1 Å². The van der Waals surface area contributed by atoms with Crippen LogP contribution in [0.2, 0.25) is 0 Å². The Labute approximate surface area is 142 Å². The van der Waals surface area contributed by atoms with E-state index in [2.05, 4.69) is 5.32 Å². The number of benzene rings is 2. The number of amides is 1. The lowest BCUT2D eigenvalue weighted by molar-refractivity contribution is -0.136. The van der Waals surface area contributed by atoms with Crippen molar-refractivity contribution in [3.8, 4) is 0 Å². The number of rotatable bonds is 6. The lowest BCUT2D eigenvalue weighted by Crippen LogP contribution is -2.26. The van der Waals surface area contributed by atoms with Crippen LogP contribution >= 0.6 is 0 Å². The van der Waals surface area contributed by atoms with Gasteiger partial charge in [0.15, 0.2) is 5.58 Å². The number of fused-ring (bicyclic) bond motifs is 1. The molecule has 25 heavy (non-hydrogen) atoms. The van der Waals surface area contributed by atoms with Crippen LogP contribution in [-0.4, -0.2) is 28.1 Å². The highest BCUT2D eigenvalue weighted by Crippen LogP contribution is 2.14. The maximum absolute atomic E-state index is 12.0. The second kappa shape index (κ2) is 7.04. The molecule has 3 rings (SSSR count). The van der Waals surface area contributed by atoms with Gasteiger partial charge in [-0.2, -0.15) is 0 Å². The van der Waals surface area contributed by atoms with Crippen LogP contribution in [0.3, 0.4) is 0 Å². The molecular weight excluding hydrogens is 324 g/mol. The van der Waals surface area contributed by atoms with Crippen molar-refractivity contribution in [1.29, 1.82) is 0 Å². The number of para-hydroxylation sites is 2. The number of oxazole rings is 1. The second-order valence-corrected chi connectivity index (χ2v) is 5.52. The van der Waals surface area contributed by atoms with E-state index < -0.39 is 11.7 Å². The number of carboxylic acid groups (broad SMARTS) is 1. The van der Waals surface area contributed by atoms with E-state index >= 15 is 0 Å². The zero-order chi connectivity index (χ0) is 17.8. The normalized spacial score (nSPS) is 10.7. The molecule has 0 aliphatic carbocycles. The highest BCUT2D eigenvalue weighted by atomic mass is 16.4. The van der Waals surface area contributed by atoms with Crippen LogP contribution in [0.1, 0.15) is 22.3 Å². The van der Waals surface area contributed by atoms with Gasteiger partial charge in [0.25, 0.3) is 5.91 Å². The molecule has 0 saturated heterocycles. The molecule has 0 aliphatic rings. The quantitative estimate of drug-likeness (QED) is 0.713. The first-order valence-corrected chi connectivity index (χ1v) is 7.72. The molecular formula is C18H16N2O5. The van der Waals surface area contributed by atoms with Crippen molar-refractivity contribution in [2.24, 2.45) is 0 Å². The number of hydrogen-bond donors (Lipinski definition) is 2. The molecule has 0 aliphatic heterocycles. The van der Waals surface area contributed by atoms with E-state index in [9.17, 15) is 14.4 Å². The van der Waals surface area contributed by atoms with Crippen molar-refractivity contribution in [2.45, 2.75) is 13.0 Å². The molecule has 1 amide bonds. The zero-order valence-electron chi connectivity index (χ0n) is 13.3. The Balaban J connectivity index is 1.72. The van der Waals surface area contributed by atoms with Crippen LogP contribution in [0, 0.1) is 0 Å². The van der Waals surface area contributed by atoms with E-state index in [1.165, 1.54) is 4.57 Å². The van der Waals surface area contributed by atoms with Crippen LogP contribution in [0.4, 0.5) is 0 Å². The van der Waals surface area contributed by atoms with Crippen molar-refractivity contribution in [2.75, 3.05) is 6.54 Å². The lowest BCUT2D eigenvalue weighted by atomic mass is 10.1. The summed E-state index contributed by atoms with van der Waals surface area (Å²) >= 11 is 0. The van der Waals surface area contributed by atoms with E-state index in [4.69, 9.17) is 9.52 Å². The molecule has 1 heterocycles. The van der Waals surface area contributed by atoms with Crippen molar-refractivity contribution in [3.63, 3.8) is 0 Å². The average Bonchev–Trinajstić information content (AvgIpc) is 2.91. The van der Waals surface area contributed by atoms with Gasteiger partial charge >= 0.3 is 11.7 Å². The second-order valence-electron chi connectivity index (χ2n) is 5.52. The summed E-state index contributed by atoms with van der Waals surface area (Å²) in [6, 6.07) is 14.0. The maximum atomic E-state index is 12.0. The van der Waals surface area contributed by atoms with Crippen molar-refractivity contribution >= 4 is 23.0 Å². The van der Waals surface area contributed by atoms with Gasteiger partial charge < -0.3 is 14.8 Å². The maximum Gasteiger partial charge on any atom is 0.420 e. The third kappa shape index (κ3) is 3.77. The largest absolute Gasteiger partial charge is 0.481 e. The summed E-state index contributed by atoms with van der Waals surface area (Å²) in [7, 11) is 0. The summed E-state index contributed by atoms with van der Waals surface area (Å²) in [6.07, 6.45) is -0.125. The first kappa shape index (κ1) is 16.5. The molecule has 1 aromatic heterocycles. The van der Waals surface area contributed by atoms with Gasteiger partial charge in [0, 0.05) is 12.1 Å². The number of carbonyl (C=O) groups excluding carboxylic acids is 1. The molecule has 2 aromatic carbocycles. The Hall–Kier alpha value is -3.35. The first-order chi connectivity index (χ1) is 12.0. The van der Waals surface area contributed by atoms with E-state index in [1.807, 2.05) is 12.1 Å². The third-order valence-electron chi connectivity index (χ3n) is 3.75. The molecule has 0 unspecified atom stereocenters. The Kier molecular flexibility index (Phi) is 4.65. The Morgan fingerprint density at radius 2 is 1.80 bits per heavy atom. The van der Waals surface area contributed by atoms with Crippen LogP contribution in [0.15, 0.2) is 57.7 Å². The SMILES string of the molecule is O=C(O)CCNC(=O)c1ccc(Cn2c(=O)oc3ccccc32)cc1. The van der Waals surface area contributed by atoms with Gasteiger partial charge in [-0.05, 0) is 29.8 Å². The minimum atomic E-state index is -0.964. The number of carbonyl (C=O) groups is 2. The lowest BCUT2D eigenvalue weighted by Gasteiger charge is -2.06. The third-order valence-corrected chi connectivity index (χ3v) is 3.75. The van der Waals surface area contributed by atoms with Gasteiger partial charge in [-0.3, -0.25) is 14.2 Å². The summed E-state index contributed by atoms with van der Waals surface area (Å²) in [5.41, 5.74) is 2.51. The molecule has 0 fully saturated rings. The first-order valence-electron chi connectivity index (χ1n) is 7.72. The summed E-state index contributed by atoms with van der Waals surface area (Å²) in [5.74, 6) is -1.73. The number of aliphatic carboxylic acids is 1. The highest BCUT2D eigenvalue weighted by molar-refractivity contribution is 5.94. The highest BCUT2D eigenvalue weighted by Gasteiger charge is 2.10. The van der Waals surface area contributed by atoms with Gasteiger partial charge in [-0.15, -0.1) is 0 Å². The molecule has 0 atom stereocenters. The fraction of sp³-hybridized carbons (Fsp3) is 0.167. The Morgan fingerprint density at radius 3 is 2.52 bits per heavy atom. The molecule has 3 aromatic rings. The molecule has 2 N–H and O–H groups in total. The standard InChI is InChI=1S/C18H16N2O5/c21-16(22)9-10-19-17(23)13-7-5-12(6-8-13)11-20-14-3-1-2-4-15(14)25-18(20)24/h1-8H,9-11H2,(H,19,23)(H,21,22). The molecule has 0 saturated carbocycles. The van der Waals surface area contributed by atoms with Crippen LogP contribution in [0.25, 0.3) is 11.1 Å². The van der Waals surface area contributed by atoms with Crippen LogP contribution in [0.5, 0.6) is 0 Å². The summed E-state index contributed by atoms with van der Waals surface area (Å²) in [5, 5.41) is 11.1. The van der Waals surface area contributed by atoms with Crippen molar-refractivity contribution in [3.05, 3.63) is 70.2 Å². The smallest absolute Gasteiger partial charge is 0.420 e. The molecule has 128 valence electrons. The Morgan fingerprint density at radius 1 is 1.08 bits per heavy atom. The monoisotopic (exact) mass is 340 g/mol. The number of hydrogen-bond acceptors (Lipinski definition) is 4. The average molecular weight is 340 g/mol. The van der Waals surface area contributed by atoms with Crippen LogP contribution < -0.4 is 11.1 Å². The van der Waals surface area contributed by atoms with Crippen LogP contribution in [-0.2, 0) is 11.3 Å². The predicted molar refractivity (Wildman–Crippen MR) is 90.6 cm³/mol. The molecule has 7 heteroatoms. The number of aromatic nitrogens is 1. The summed E-state index contributed by atoms with van der Waals surface area (Å²) < 4.78 is 6.72. The predicted octanol–water partition coefficient (Wildman–Crippen LogP) is 1.85. The molecule has 7 nitrogen and oxygen atoms in total. The molecule has 0 bridgehead atoms. The fourth-order valence-electron chi connectivity index (χ4n) is 2.49. The van der Waals surface area contributed by atoms with E-state index in [0.717, 1.165) is 5.56 Å².